The molecule has 0 bridgehead atoms. The summed E-state index contributed by atoms with van der Waals surface area (Å²) < 4.78 is 23.5. The predicted molar refractivity (Wildman–Crippen MR) is 83.6 cm³/mol. The number of carbonyl (C=O) groups excluding carboxylic acids is 1. The summed E-state index contributed by atoms with van der Waals surface area (Å²) >= 11 is 0. The number of benzene rings is 1. The number of nitrogens with one attached hydrogen (secondary N) is 2. The van der Waals surface area contributed by atoms with E-state index < -0.39 is 9.84 Å². The van der Waals surface area contributed by atoms with Gasteiger partial charge in [0.2, 0.25) is 0 Å². The van der Waals surface area contributed by atoms with Crippen LogP contribution in [0.25, 0.3) is 0 Å². The van der Waals surface area contributed by atoms with Crippen molar-refractivity contribution in [2.75, 3.05) is 29.9 Å². The van der Waals surface area contributed by atoms with E-state index in [0.717, 1.165) is 0 Å². The minimum Gasteiger partial charge on any atom is -0.318 e. The van der Waals surface area contributed by atoms with Crippen molar-refractivity contribution in [3.05, 3.63) is 30.3 Å². The highest BCUT2D eigenvalue weighted by Gasteiger charge is 2.44. The maximum absolute atomic E-state index is 12.3. The van der Waals surface area contributed by atoms with Gasteiger partial charge in [-0.1, -0.05) is 18.2 Å². The van der Waals surface area contributed by atoms with Gasteiger partial charge in [0.1, 0.15) is 0 Å². The molecule has 2 atom stereocenters. The molecule has 0 aromatic heterocycles. The number of halogens is 1. The van der Waals surface area contributed by atoms with E-state index in [1.54, 1.807) is 4.90 Å². The van der Waals surface area contributed by atoms with Gasteiger partial charge in [0.05, 0.1) is 17.5 Å². The fourth-order valence-corrected chi connectivity index (χ4v) is 4.79. The number of hydrogen-bond acceptors (Lipinski definition) is 4. The highest BCUT2D eigenvalue weighted by Crippen LogP contribution is 2.22. The number of carbonyl (C=O) groups is 1. The summed E-state index contributed by atoms with van der Waals surface area (Å²) in [5.41, 5.74) is 0.716. The molecular formula is C13H18ClN3O3S. The molecule has 2 aliphatic heterocycles. The Bertz CT molecular complexity index is 608. The Labute approximate surface area is 130 Å². The number of anilines is 1. The van der Waals surface area contributed by atoms with Gasteiger partial charge < -0.3 is 15.5 Å². The van der Waals surface area contributed by atoms with Crippen LogP contribution in [0.1, 0.15) is 0 Å². The van der Waals surface area contributed by atoms with Crippen LogP contribution in [-0.4, -0.2) is 56.0 Å². The van der Waals surface area contributed by atoms with E-state index in [4.69, 9.17) is 0 Å². The molecule has 2 aliphatic rings. The van der Waals surface area contributed by atoms with Crippen molar-refractivity contribution in [1.82, 2.24) is 10.2 Å². The summed E-state index contributed by atoms with van der Waals surface area (Å²) in [5.74, 6) is 0.166. The number of piperazine rings is 1. The molecule has 8 heteroatoms. The summed E-state index contributed by atoms with van der Waals surface area (Å²) in [6.45, 7) is 1.15. The van der Waals surface area contributed by atoms with Gasteiger partial charge in [-0.15, -0.1) is 12.4 Å². The number of amides is 2. The standard InChI is InChI=1S/C13H17N3O3S.ClH/c17-13(15-10-4-2-1-3-5-10)16-7-6-14-11-8-20(18,19)9-12(11)16;/h1-5,11-12,14H,6-9H2,(H,15,17);1H/t11-,12+;/m0./s1. The van der Waals surface area contributed by atoms with Crippen LogP contribution in [0.3, 0.4) is 0 Å². The van der Waals surface area contributed by atoms with Crippen LogP contribution in [0.2, 0.25) is 0 Å². The first-order valence-corrected chi connectivity index (χ1v) is 8.44. The minimum atomic E-state index is -3.05. The minimum absolute atomic E-state index is 0. The molecule has 2 N–H and O–H groups in total. The molecule has 6 nitrogen and oxygen atoms in total. The number of urea groups is 1. The van der Waals surface area contributed by atoms with Crippen LogP contribution < -0.4 is 10.6 Å². The van der Waals surface area contributed by atoms with E-state index in [1.807, 2.05) is 30.3 Å². The molecule has 0 aliphatic carbocycles. The monoisotopic (exact) mass is 331 g/mol. The highest BCUT2D eigenvalue weighted by atomic mass is 35.5. The van der Waals surface area contributed by atoms with Crippen molar-refractivity contribution in [3.8, 4) is 0 Å². The van der Waals surface area contributed by atoms with E-state index in [9.17, 15) is 13.2 Å². The molecule has 2 heterocycles. The van der Waals surface area contributed by atoms with Crippen LogP contribution in [-0.2, 0) is 9.84 Å². The molecular weight excluding hydrogens is 314 g/mol. The van der Waals surface area contributed by atoms with E-state index in [0.29, 0.717) is 18.8 Å². The summed E-state index contributed by atoms with van der Waals surface area (Å²) in [6, 6.07) is 8.54. The first-order chi connectivity index (χ1) is 9.55. The van der Waals surface area contributed by atoms with Gasteiger partial charge in [0, 0.05) is 24.8 Å². The van der Waals surface area contributed by atoms with Crippen LogP contribution in [0.5, 0.6) is 0 Å². The van der Waals surface area contributed by atoms with Gasteiger partial charge in [-0.05, 0) is 12.1 Å². The molecule has 0 spiro atoms. The molecule has 2 saturated heterocycles. The second-order valence-electron chi connectivity index (χ2n) is 5.19. The smallest absolute Gasteiger partial charge is 0.318 e. The van der Waals surface area contributed by atoms with Crippen molar-refractivity contribution in [2.24, 2.45) is 0 Å². The summed E-state index contributed by atoms with van der Waals surface area (Å²) in [4.78, 5) is 14.0. The Hall–Kier alpha value is -1.31. The maximum Gasteiger partial charge on any atom is 0.322 e. The highest BCUT2D eigenvalue weighted by molar-refractivity contribution is 7.91. The molecule has 21 heavy (non-hydrogen) atoms. The largest absolute Gasteiger partial charge is 0.322 e. The average Bonchev–Trinajstić information content (AvgIpc) is 2.73. The average molecular weight is 332 g/mol. The van der Waals surface area contributed by atoms with E-state index in [2.05, 4.69) is 10.6 Å². The molecule has 2 amide bonds. The number of hydrogen-bond donors (Lipinski definition) is 2. The van der Waals surface area contributed by atoms with Gasteiger partial charge >= 0.3 is 6.03 Å². The van der Waals surface area contributed by atoms with Gasteiger partial charge in [-0.2, -0.15) is 0 Å². The Kier molecular flexibility index (Phi) is 4.75. The van der Waals surface area contributed by atoms with Gasteiger partial charge in [-0.3, -0.25) is 0 Å². The lowest BCUT2D eigenvalue weighted by molar-refractivity contribution is 0.163. The summed E-state index contributed by atoms with van der Waals surface area (Å²) in [7, 11) is -3.05. The molecule has 1 aromatic rings. The van der Waals surface area contributed by atoms with E-state index in [-0.39, 0.29) is 42.0 Å². The second kappa shape index (κ2) is 6.21. The third-order valence-corrected chi connectivity index (χ3v) is 5.48. The molecule has 1 aromatic carbocycles. The normalized spacial score (nSPS) is 26.6. The molecule has 3 rings (SSSR count). The third-order valence-electron chi connectivity index (χ3n) is 3.77. The Balaban J connectivity index is 0.00000161. The van der Waals surface area contributed by atoms with Crippen molar-refractivity contribution in [2.45, 2.75) is 12.1 Å². The van der Waals surface area contributed by atoms with Crippen molar-refractivity contribution < 1.29 is 13.2 Å². The van der Waals surface area contributed by atoms with Crippen LogP contribution >= 0.6 is 12.4 Å². The van der Waals surface area contributed by atoms with Crippen LogP contribution in [0, 0.1) is 0 Å². The quantitative estimate of drug-likeness (QED) is 0.794. The van der Waals surface area contributed by atoms with Gasteiger partial charge in [0.25, 0.3) is 0 Å². The Morgan fingerprint density at radius 1 is 1.24 bits per heavy atom. The number of rotatable bonds is 1. The fourth-order valence-electron chi connectivity index (χ4n) is 2.84. The molecule has 0 saturated carbocycles. The third kappa shape index (κ3) is 3.48. The lowest BCUT2D eigenvalue weighted by Crippen LogP contribution is -2.59. The Morgan fingerprint density at radius 2 is 1.95 bits per heavy atom. The Morgan fingerprint density at radius 3 is 2.67 bits per heavy atom. The zero-order valence-electron chi connectivity index (χ0n) is 11.4. The first kappa shape index (κ1) is 16.1. The van der Waals surface area contributed by atoms with Gasteiger partial charge in [0.15, 0.2) is 9.84 Å². The number of fused-ring (bicyclic) bond motifs is 1. The zero-order chi connectivity index (χ0) is 14.2. The fraction of sp³-hybridized carbons (Fsp3) is 0.462. The maximum atomic E-state index is 12.3. The first-order valence-electron chi connectivity index (χ1n) is 6.62. The predicted octanol–water partition coefficient (Wildman–Crippen LogP) is 0.711. The lowest BCUT2D eigenvalue weighted by Gasteiger charge is -2.37. The second-order valence-corrected chi connectivity index (χ2v) is 7.35. The molecule has 2 fully saturated rings. The van der Waals surface area contributed by atoms with Crippen molar-refractivity contribution >= 4 is 34.0 Å². The molecule has 116 valence electrons. The van der Waals surface area contributed by atoms with Crippen LogP contribution in [0.4, 0.5) is 10.5 Å². The van der Waals surface area contributed by atoms with Crippen molar-refractivity contribution in [1.29, 1.82) is 0 Å². The summed E-state index contributed by atoms with van der Waals surface area (Å²) in [6.07, 6.45) is 0. The van der Waals surface area contributed by atoms with Gasteiger partial charge in [-0.25, -0.2) is 13.2 Å². The lowest BCUT2D eigenvalue weighted by atomic mass is 10.1. The topological polar surface area (TPSA) is 78.5 Å². The molecule has 0 unspecified atom stereocenters. The van der Waals surface area contributed by atoms with Crippen LogP contribution in [0.15, 0.2) is 30.3 Å². The van der Waals surface area contributed by atoms with Crippen molar-refractivity contribution in [3.63, 3.8) is 0 Å². The number of nitrogens with zero attached hydrogens (tertiary/aromatic N) is 1. The number of para-hydroxylation sites is 1. The zero-order valence-corrected chi connectivity index (χ0v) is 13.0. The SMILES string of the molecule is Cl.O=C(Nc1ccccc1)N1CCN[C@H]2CS(=O)(=O)C[C@H]21. The summed E-state index contributed by atoms with van der Waals surface area (Å²) in [5, 5.41) is 6.00. The number of sulfone groups is 1. The molecule has 0 radical (unpaired) electrons. The van der Waals surface area contributed by atoms with E-state index in [1.165, 1.54) is 0 Å². The van der Waals surface area contributed by atoms with E-state index >= 15 is 0 Å².